The predicted molar refractivity (Wildman–Crippen MR) is 115 cm³/mol. The number of ether oxygens (including phenoxy) is 2. The Morgan fingerprint density at radius 2 is 1.73 bits per heavy atom. The Morgan fingerprint density at radius 3 is 2.23 bits per heavy atom. The van der Waals surface area contributed by atoms with Crippen molar-refractivity contribution in [2.75, 3.05) is 0 Å². The maximum atomic E-state index is 13.1. The number of fused-ring (bicyclic) bond motifs is 3. The zero-order valence-corrected chi connectivity index (χ0v) is 19.8. The topological polar surface area (TPSA) is 98.9 Å². The van der Waals surface area contributed by atoms with Crippen LogP contribution in [0.3, 0.4) is 0 Å². The van der Waals surface area contributed by atoms with Gasteiger partial charge in [-0.25, -0.2) is 9.69 Å². The minimum Gasteiger partial charge on any atom is -0.486 e. The molecule has 5 atom stereocenters. The van der Waals surface area contributed by atoms with E-state index in [-0.39, 0.29) is 17.2 Å². The molecule has 2 saturated heterocycles. The normalized spacial score (nSPS) is 28.4. The summed E-state index contributed by atoms with van der Waals surface area (Å²) in [6, 6.07) is 3.17. The van der Waals surface area contributed by atoms with Crippen LogP contribution in [0, 0.1) is 32.6 Å². The molecule has 2 aliphatic heterocycles. The van der Waals surface area contributed by atoms with Crippen LogP contribution in [0.4, 0.5) is 4.79 Å². The number of rotatable bonds is 3. The molecule has 3 amide bonds. The van der Waals surface area contributed by atoms with E-state index in [1.165, 1.54) is 0 Å². The van der Waals surface area contributed by atoms with Gasteiger partial charge >= 0.3 is 6.09 Å². The van der Waals surface area contributed by atoms with Gasteiger partial charge in [-0.05, 0) is 59.1 Å². The van der Waals surface area contributed by atoms with Crippen molar-refractivity contribution in [1.29, 1.82) is 0 Å². The first-order valence-electron chi connectivity index (χ1n) is 10.1. The largest absolute Gasteiger partial charge is 0.486 e. The van der Waals surface area contributed by atoms with Gasteiger partial charge in [0.05, 0.1) is 22.7 Å². The number of hydrogen-bond acceptors (Lipinski definition) is 5. The van der Waals surface area contributed by atoms with E-state index in [9.17, 15) is 14.4 Å². The smallest absolute Gasteiger partial charge is 0.417 e. The molecule has 4 rings (SSSR count). The number of alkyl halides is 1. The maximum absolute atomic E-state index is 13.1. The van der Waals surface area contributed by atoms with Gasteiger partial charge < -0.3 is 15.2 Å². The lowest BCUT2D eigenvalue weighted by Crippen LogP contribution is -2.72. The highest BCUT2D eigenvalue weighted by Gasteiger charge is 2.61. The molecule has 7 nitrogen and oxygen atoms in total. The summed E-state index contributed by atoms with van der Waals surface area (Å²) < 4.78 is 11.9. The lowest BCUT2D eigenvalue weighted by atomic mass is 9.70. The Labute approximate surface area is 185 Å². The molecule has 3 aliphatic rings. The van der Waals surface area contributed by atoms with Gasteiger partial charge in [-0.2, -0.15) is 0 Å². The van der Waals surface area contributed by atoms with Gasteiger partial charge in [0.1, 0.15) is 17.5 Å². The molecule has 0 spiro atoms. The fourth-order valence-electron chi connectivity index (χ4n) is 4.51. The summed E-state index contributed by atoms with van der Waals surface area (Å²) >= 11 is 3.61. The van der Waals surface area contributed by atoms with Crippen molar-refractivity contribution in [2.24, 2.45) is 17.6 Å². The van der Waals surface area contributed by atoms with Crippen LogP contribution < -0.4 is 10.5 Å². The Balaban J connectivity index is 2.03. The van der Waals surface area contributed by atoms with Crippen LogP contribution in [0.25, 0.3) is 0 Å². The Morgan fingerprint density at radius 1 is 1.17 bits per heavy atom. The number of nitrogens with zero attached hydrogens (tertiary/aromatic N) is 1. The number of amides is 3. The molecule has 0 aromatic heterocycles. The van der Waals surface area contributed by atoms with Gasteiger partial charge in [0.15, 0.2) is 0 Å². The lowest BCUT2D eigenvalue weighted by molar-refractivity contribution is -0.159. The van der Waals surface area contributed by atoms with Crippen molar-refractivity contribution < 1.29 is 23.9 Å². The lowest BCUT2D eigenvalue weighted by Gasteiger charge is -2.53. The zero-order valence-electron chi connectivity index (χ0n) is 18.2. The van der Waals surface area contributed by atoms with E-state index in [0.717, 1.165) is 21.6 Å². The molecule has 0 radical (unpaired) electrons. The minimum absolute atomic E-state index is 0.278. The summed E-state index contributed by atoms with van der Waals surface area (Å²) in [5.74, 6) is -1.56. The molecule has 1 aromatic carbocycles. The number of halogens is 1. The van der Waals surface area contributed by atoms with Crippen molar-refractivity contribution in [3.05, 3.63) is 28.8 Å². The molecule has 2 bridgehead atoms. The third kappa shape index (κ3) is 4.06. The summed E-state index contributed by atoms with van der Waals surface area (Å²) in [4.78, 5) is 38.9. The van der Waals surface area contributed by atoms with Crippen molar-refractivity contribution in [3.63, 3.8) is 0 Å². The second kappa shape index (κ2) is 7.87. The Kier molecular flexibility index (Phi) is 5.93. The van der Waals surface area contributed by atoms with Crippen LogP contribution >= 0.6 is 15.9 Å². The Hall–Kier alpha value is -2.09. The first-order valence-corrected chi connectivity index (χ1v) is 11.0. The molecule has 1 aromatic rings. The first-order chi connectivity index (χ1) is 13.8. The van der Waals surface area contributed by atoms with Gasteiger partial charge in [0.2, 0.25) is 11.8 Å². The molecule has 1 aliphatic carbocycles. The number of imide groups is 1. The second-order valence-corrected chi connectivity index (χ2v) is 10.3. The van der Waals surface area contributed by atoms with Crippen molar-refractivity contribution in [1.82, 2.24) is 4.90 Å². The quantitative estimate of drug-likeness (QED) is 0.668. The number of carbonyl (C=O) groups is 3. The van der Waals surface area contributed by atoms with E-state index in [1.54, 1.807) is 20.8 Å². The zero-order chi connectivity index (χ0) is 22.5. The molecule has 0 unspecified atom stereocenters. The van der Waals surface area contributed by atoms with E-state index in [4.69, 9.17) is 15.2 Å². The van der Waals surface area contributed by atoms with Crippen LogP contribution in [-0.4, -0.2) is 45.4 Å². The number of nitrogens with two attached hydrogens (primary N) is 1. The molecule has 2 heterocycles. The van der Waals surface area contributed by atoms with Gasteiger partial charge in [-0.3, -0.25) is 9.59 Å². The van der Waals surface area contributed by atoms with E-state index in [2.05, 4.69) is 15.9 Å². The Bertz CT molecular complexity index is 871. The highest BCUT2D eigenvalue weighted by molar-refractivity contribution is 9.09. The minimum atomic E-state index is -0.848. The predicted octanol–water partition coefficient (Wildman–Crippen LogP) is 3.39. The average Bonchev–Trinajstić information content (AvgIpc) is 2.57. The number of primary amides is 1. The highest BCUT2D eigenvalue weighted by atomic mass is 79.9. The SMILES string of the molecule is Cc1cc(C)c(O[C@@H]2[C@@H](Br)[C@@H]3C[C@H](C(N)=O)[C@H]2N(C(=O)OC(C)(C)C)C3=O)c(C)c1. The summed E-state index contributed by atoms with van der Waals surface area (Å²) in [6.07, 6.45) is -1.13. The summed E-state index contributed by atoms with van der Waals surface area (Å²) in [6.45, 7) is 11.1. The van der Waals surface area contributed by atoms with Crippen LogP contribution in [0.2, 0.25) is 0 Å². The molecule has 3 fully saturated rings. The van der Waals surface area contributed by atoms with Crippen LogP contribution in [-0.2, 0) is 14.3 Å². The third-order valence-corrected chi connectivity index (χ3v) is 6.78. The molecule has 164 valence electrons. The van der Waals surface area contributed by atoms with Gasteiger partial charge in [-0.15, -0.1) is 0 Å². The highest BCUT2D eigenvalue weighted by Crippen LogP contribution is 2.46. The molecule has 8 heteroatoms. The molecule has 2 N–H and O–H groups in total. The molecular formula is C22H29BrN2O5. The molecular weight excluding hydrogens is 452 g/mol. The maximum Gasteiger partial charge on any atom is 0.417 e. The third-order valence-electron chi connectivity index (χ3n) is 5.62. The van der Waals surface area contributed by atoms with E-state index in [0.29, 0.717) is 5.75 Å². The van der Waals surface area contributed by atoms with E-state index < -0.39 is 41.6 Å². The van der Waals surface area contributed by atoms with Gasteiger partial charge in [0, 0.05) is 0 Å². The number of hydrogen-bond donors (Lipinski definition) is 1. The molecule has 1 saturated carbocycles. The van der Waals surface area contributed by atoms with Crippen LogP contribution in [0.5, 0.6) is 5.75 Å². The van der Waals surface area contributed by atoms with E-state index in [1.807, 2.05) is 32.9 Å². The number of aryl methyl sites for hydroxylation is 3. The fraction of sp³-hybridized carbons (Fsp3) is 0.591. The van der Waals surface area contributed by atoms with E-state index >= 15 is 0 Å². The van der Waals surface area contributed by atoms with Crippen LogP contribution in [0.15, 0.2) is 12.1 Å². The second-order valence-electron chi connectivity index (χ2n) is 9.28. The standard InChI is InChI=1S/C22H29BrN2O5/c1-10-7-11(2)17(12(3)8-10)29-18-15(23)13-9-14(19(24)26)16(18)25(20(13)27)21(28)30-22(4,5)6/h7-8,13-16,18H,9H2,1-6H3,(H2,24,26)/t13-,14-,15-,16+,18+/m0/s1. The fourth-order valence-corrected chi connectivity index (χ4v) is 5.37. The first kappa shape index (κ1) is 22.6. The summed E-state index contributed by atoms with van der Waals surface area (Å²) in [7, 11) is 0. The average molecular weight is 481 g/mol. The van der Waals surface area contributed by atoms with Gasteiger partial charge in [0.25, 0.3) is 0 Å². The number of piperidine rings is 2. The van der Waals surface area contributed by atoms with Gasteiger partial charge in [-0.1, -0.05) is 33.6 Å². The van der Waals surface area contributed by atoms with Crippen molar-refractivity contribution in [3.8, 4) is 5.75 Å². The monoisotopic (exact) mass is 480 g/mol. The van der Waals surface area contributed by atoms with Crippen molar-refractivity contribution in [2.45, 2.75) is 70.5 Å². The summed E-state index contributed by atoms with van der Waals surface area (Å²) in [5, 5.41) is 0. The van der Waals surface area contributed by atoms with Crippen molar-refractivity contribution >= 4 is 33.8 Å². The van der Waals surface area contributed by atoms with Crippen LogP contribution in [0.1, 0.15) is 43.9 Å². The number of carbonyl (C=O) groups excluding carboxylic acids is 3. The number of benzene rings is 1. The summed E-state index contributed by atoms with van der Waals surface area (Å²) in [5.41, 5.74) is 7.88. The molecule has 30 heavy (non-hydrogen) atoms.